The molecule has 2 aliphatic heterocycles. The molecule has 0 radical (unpaired) electrons. The molecule has 11 heteroatoms. The molecule has 0 spiro atoms. The second-order valence-electron chi connectivity index (χ2n) is 8.03. The summed E-state index contributed by atoms with van der Waals surface area (Å²) < 4.78 is 31.4. The van der Waals surface area contributed by atoms with Crippen molar-refractivity contribution in [2.75, 3.05) is 59.4 Å². The molecule has 1 N–H and O–H groups in total. The quantitative estimate of drug-likeness (QED) is 0.310. The first kappa shape index (κ1) is 25.3. The van der Waals surface area contributed by atoms with Gasteiger partial charge in [0, 0.05) is 52.4 Å². The summed E-state index contributed by atoms with van der Waals surface area (Å²) in [5.41, 5.74) is 0.438. The summed E-state index contributed by atoms with van der Waals surface area (Å²) in [6.45, 7) is 8.81. The molecule has 3 rings (SSSR count). The van der Waals surface area contributed by atoms with Crippen LogP contribution in [0.1, 0.15) is 31.9 Å². The maximum atomic E-state index is 12.6. The summed E-state index contributed by atoms with van der Waals surface area (Å²) >= 11 is 0. The number of hydrogen-bond donors (Lipinski definition) is 1. The van der Waals surface area contributed by atoms with Gasteiger partial charge >= 0.3 is 0 Å². The van der Waals surface area contributed by atoms with Crippen LogP contribution in [0.25, 0.3) is 0 Å². The number of nitrogens with one attached hydrogen (secondary N) is 1. The zero-order valence-electron chi connectivity index (χ0n) is 18.0. The van der Waals surface area contributed by atoms with E-state index in [1.165, 1.54) is 42.9 Å². The van der Waals surface area contributed by atoms with Gasteiger partial charge in [0.1, 0.15) is 12.0 Å². The number of rotatable bonds is 7. The van der Waals surface area contributed by atoms with Gasteiger partial charge in [-0.15, -0.1) is 24.0 Å². The second kappa shape index (κ2) is 12.2. The zero-order chi connectivity index (χ0) is 20.7. The first-order chi connectivity index (χ1) is 14.0. The molecule has 172 valence electrons. The molecule has 0 aliphatic carbocycles. The SMILES string of the molecule is CN=C(NCC(C)CN1CCCCC1)N1CCN(S(=O)(=O)Cc2ccon2)CC1.I. The van der Waals surface area contributed by atoms with Gasteiger partial charge in [0.15, 0.2) is 5.96 Å². The summed E-state index contributed by atoms with van der Waals surface area (Å²) in [5, 5.41) is 7.19. The third-order valence-corrected chi connectivity index (χ3v) is 7.40. The molecule has 2 fully saturated rings. The van der Waals surface area contributed by atoms with Gasteiger partial charge in [-0.3, -0.25) is 4.99 Å². The zero-order valence-corrected chi connectivity index (χ0v) is 21.1. The Labute approximate surface area is 197 Å². The van der Waals surface area contributed by atoms with Crippen LogP contribution in [0.3, 0.4) is 0 Å². The topological polar surface area (TPSA) is 94.3 Å². The van der Waals surface area contributed by atoms with E-state index < -0.39 is 10.0 Å². The number of likely N-dealkylation sites (tertiary alicyclic amines) is 1. The molecule has 1 atom stereocenters. The van der Waals surface area contributed by atoms with Crippen molar-refractivity contribution in [1.29, 1.82) is 0 Å². The van der Waals surface area contributed by atoms with Crippen molar-refractivity contribution in [1.82, 2.24) is 24.6 Å². The smallest absolute Gasteiger partial charge is 0.220 e. The van der Waals surface area contributed by atoms with E-state index >= 15 is 0 Å². The number of piperazine rings is 1. The third kappa shape index (κ3) is 7.34. The lowest BCUT2D eigenvalue weighted by atomic mass is 10.1. The summed E-state index contributed by atoms with van der Waals surface area (Å²) in [7, 11) is -1.60. The van der Waals surface area contributed by atoms with Crippen LogP contribution in [-0.4, -0.2) is 93.0 Å². The van der Waals surface area contributed by atoms with E-state index in [9.17, 15) is 8.42 Å². The monoisotopic (exact) mass is 554 g/mol. The maximum Gasteiger partial charge on any atom is 0.220 e. The van der Waals surface area contributed by atoms with Crippen LogP contribution >= 0.6 is 24.0 Å². The fraction of sp³-hybridized carbons (Fsp3) is 0.789. The van der Waals surface area contributed by atoms with E-state index in [1.54, 1.807) is 13.1 Å². The minimum atomic E-state index is -3.39. The molecule has 2 saturated heterocycles. The summed E-state index contributed by atoms with van der Waals surface area (Å²) in [6, 6.07) is 1.59. The van der Waals surface area contributed by atoms with Gasteiger partial charge in [0.25, 0.3) is 0 Å². The molecule has 9 nitrogen and oxygen atoms in total. The van der Waals surface area contributed by atoms with E-state index in [0.29, 0.717) is 37.8 Å². The molecule has 0 aromatic carbocycles. The fourth-order valence-corrected chi connectivity index (χ4v) is 5.44. The fourth-order valence-electron chi connectivity index (χ4n) is 4.01. The summed E-state index contributed by atoms with van der Waals surface area (Å²) in [6.07, 6.45) is 5.37. The minimum Gasteiger partial charge on any atom is -0.364 e. The predicted octanol–water partition coefficient (Wildman–Crippen LogP) is 1.44. The highest BCUT2D eigenvalue weighted by molar-refractivity contribution is 14.0. The van der Waals surface area contributed by atoms with Gasteiger partial charge in [0.2, 0.25) is 10.0 Å². The Kier molecular flexibility index (Phi) is 10.3. The number of aromatic nitrogens is 1. The highest BCUT2D eigenvalue weighted by Crippen LogP contribution is 2.13. The molecule has 0 bridgehead atoms. The molecule has 1 unspecified atom stereocenters. The van der Waals surface area contributed by atoms with Gasteiger partial charge in [-0.05, 0) is 31.8 Å². The summed E-state index contributed by atoms with van der Waals surface area (Å²) in [4.78, 5) is 9.09. The molecular weight excluding hydrogens is 519 g/mol. The van der Waals surface area contributed by atoms with Gasteiger partial charge in [-0.2, -0.15) is 4.31 Å². The van der Waals surface area contributed by atoms with Crippen molar-refractivity contribution in [2.45, 2.75) is 31.9 Å². The van der Waals surface area contributed by atoms with E-state index in [2.05, 4.69) is 32.2 Å². The van der Waals surface area contributed by atoms with Crippen LogP contribution in [0, 0.1) is 5.92 Å². The Balaban J connectivity index is 0.00000320. The molecule has 2 aliphatic rings. The first-order valence-electron chi connectivity index (χ1n) is 10.5. The molecule has 1 aromatic rings. The van der Waals surface area contributed by atoms with Crippen LogP contribution < -0.4 is 5.32 Å². The van der Waals surface area contributed by atoms with E-state index in [0.717, 1.165) is 19.0 Å². The number of hydrogen-bond acceptors (Lipinski definition) is 6. The number of sulfonamides is 1. The van der Waals surface area contributed by atoms with Crippen LogP contribution in [0.4, 0.5) is 0 Å². The Hall–Kier alpha value is -0.920. The molecular formula is C19H35IN6O3S. The standard InChI is InChI=1S/C19H34N6O3S.HI/c1-17(15-23-7-4-3-5-8-23)14-21-19(20-2)24-9-11-25(12-10-24)29(26,27)16-18-6-13-28-22-18;/h6,13,17H,3-5,7-12,14-16H2,1-2H3,(H,20,21);1H. The molecule has 0 amide bonds. The lowest BCUT2D eigenvalue weighted by Crippen LogP contribution is -2.54. The Bertz CT molecular complexity index is 744. The van der Waals surface area contributed by atoms with Gasteiger partial charge in [0.05, 0.1) is 5.69 Å². The number of guanidine groups is 1. The highest BCUT2D eigenvalue weighted by atomic mass is 127. The molecule has 3 heterocycles. The van der Waals surface area contributed by atoms with Crippen molar-refractivity contribution in [2.24, 2.45) is 10.9 Å². The molecule has 0 saturated carbocycles. The van der Waals surface area contributed by atoms with Gasteiger partial charge in [-0.1, -0.05) is 18.5 Å². The van der Waals surface area contributed by atoms with Crippen molar-refractivity contribution >= 4 is 40.0 Å². The average Bonchev–Trinajstić information content (AvgIpc) is 3.22. The van der Waals surface area contributed by atoms with Crippen LogP contribution in [0.15, 0.2) is 21.8 Å². The molecule has 30 heavy (non-hydrogen) atoms. The molecule has 1 aromatic heterocycles. The highest BCUT2D eigenvalue weighted by Gasteiger charge is 2.29. The number of nitrogens with zero attached hydrogens (tertiary/aromatic N) is 5. The normalized spacial score (nSPS) is 20.6. The third-order valence-electron chi connectivity index (χ3n) is 5.59. The van der Waals surface area contributed by atoms with Crippen molar-refractivity contribution in [3.8, 4) is 0 Å². The summed E-state index contributed by atoms with van der Waals surface area (Å²) in [5.74, 6) is 1.27. The van der Waals surface area contributed by atoms with E-state index in [1.807, 2.05) is 0 Å². The minimum absolute atomic E-state index is 0. The Morgan fingerprint density at radius 1 is 1.20 bits per heavy atom. The maximum absolute atomic E-state index is 12.6. The van der Waals surface area contributed by atoms with E-state index in [-0.39, 0.29) is 29.7 Å². The predicted molar refractivity (Wildman–Crippen MR) is 129 cm³/mol. The average molecular weight is 554 g/mol. The van der Waals surface area contributed by atoms with Crippen LogP contribution in [0.2, 0.25) is 0 Å². The van der Waals surface area contributed by atoms with Crippen molar-refractivity contribution < 1.29 is 12.9 Å². The second-order valence-corrected chi connectivity index (χ2v) is 10.00. The lowest BCUT2D eigenvalue weighted by Gasteiger charge is -2.36. The van der Waals surface area contributed by atoms with Crippen molar-refractivity contribution in [3.05, 3.63) is 18.0 Å². The number of halogens is 1. The first-order valence-corrected chi connectivity index (χ1v) is 12.1. The van der Waals surface area contributed by atoms with Crippen LogP contribution in [-0.2, 0) is 15.8 Å². The number of piperidine rings is 1. The number of aliphatic imine (C=N–C) groups is 1. The Morgan fingerprint density at radius 2 is 1.90 bits per heavy atom. The van der Waals surface area contributed by atoms with Gasteiger partial charge < -0.3 is 19.6 Å². The largest absolute Gasteiger partial charge is 0.364 e. The lowest BCUT2D eigenvalue weighted by molar-refractivity contribution is 0.200. The van der Waals surface area contributed by atoms with Crippen molar-refractivity contribution in [3.63, 3.8) is 0 Å². The van der Waals surface area contributed by atoms with Crippen LogP contribution in [0.5, 0.6) is 0 Å². The van der Waals surface area contributed by atoms with Gasteiger partial charge in [-0.25, -0.2) is 8.42 Å². The Morgan fingerprint density at radius 3 is 2.50 bits per heavy atom. The van der Waals surface area contributed by atoms with E-state index in [4.69, 9.17) is 4.52 Å².